The number of urea groups is 1. The Bertz CT molecular complexity index is 361. The van der Waals surface area contributed by atoms with Crippen molar-refractivity contribution in [2.75, 3.05) is 45.8 Å². The van der Waals surface area contributed by atoms with Gasteiger partial charge in [0.2, 0.25) is 5.91 Å². The molecule has 6 heteroatoms. The highest BCUT2D eigenvalue weighted by Gasteiger charge is 2.30. The van der Waals surface area contributed by atoms with Crippen LogP contribution in [0.3, 0.4) is 0 Å². The van der Waals surface area contributed by atoms with E-state index in [-0.39, 0.29) is 17.9 Å². The molecule has 2 saturated heterocycles. The highest BCUT2D eigenvalue weighted by atomic mass is 16.2. The van der Waals surface area contributed by atoms with Gasteiger partial charge in [0.05, 0.1) is 0 Å². The lowest BCUT2D eigenvalue weighted by Crippen LogP contribution is -2.48. The molecular formula is C16H30N4O2. The lowest BCUT2D eigenvalue weighted by atomic mass is 9.96. The number of nitrogens with zero attached hydrogens (tertiary/aromatic N) is 2. The maximum absolute atomic E-state index is 12.3. The third kappa shape index (κ3) is 4.87. The zero-order valence-electron chi connectivity index (χ0n) is 13.8. The normalized spacial score (nSPS) is 19.5. The predicted octanol–water partition coefficient (Wildman–Crippen LogP) is 1.03. The molecule has 0 saturated carbocycles. The van der Waals surface area contributed by atoms with Gasteiger partial charge < -0.3 is 20.4 Å². The van der Waals surface area contributed by atoms with Crippen molar-refractivity contribution < 1.29 is 9.59 Å². The number of amides is 3. The number of carbonyl (C=O) groups is 2. The van der Waals surface area contributed by atoms with E-state index in [1.165, 1.54) is 0 Å². The molecule has 0 radical (unpaired) electrons. The molecule has 2 N–H and O–H groups in total. The van der Waals surface area contributed by atoms with Crippen LogP contribution in [0.25, 0.3) is 0 Å². The molecule has 126 valence electrons. The van der Waals surface area contributed by atoms with Gasteiger partial charge >= 0.3 is 6.03 Å². The summed E-state index contributed by atoms with van der Waals surface area (Å²) >= 11 is 0. The molecule has 2 aliphatic rings. The van der Waals surface area contributed by atoms with E-state index < -0.39 is 0 Å². The second kappa shape index (κ2) is 8.98. The fraction of sp³-hybridized carbons (Fsp3) is 0.875. The van der Waals surface area contributed by atoms with Gasteiger partial charge in [0.15, 0.2) is 0 Å². The van der Waals surface area contributed by atoms with E-state index in [1.807, 2.05) is 9.80 Å². The van der Waals surface area contributed by atoms with E-state index in [9.17, 15) is 9.59 Å². The van der Waals surface area contributed by atoms with Crippen LogP contribution in [0.15, 0.2) is 0 Å². The second-order valence-electron chi connectivity index (χ2n) is 6.28. The van der Waals surface area contributed by atoms with Crippen LogP contribution in [-0.4, -0.2) is 67.6 Å². The van der Waals surface area contributed by atoms with Gasteiger partial charge in [0, 0.05) is 45.2 Å². The molecule has 22 heavy (non-hydrogen) atoms. The first kappa shape index (κ1) is 17.1. The summed E-state index contributed by atoms with van der Waals surface area (Å²) in [5.74, 6) is 0.209. The number of hydrogen-bond donors (Lipinski definition) is 2. The first-order chi connectivity index (χ1) is 10.7. The quantitative estimate of drug-likeness (QED) is 0.720. The van der Waals surface area contributed by atoms with Crippen LogP contribution in [-0.2, 0) is 4.79 Å². The van der Waals surface area contributed by atoms with Crippen LogP contribution in [0.1, 0.15) is 39.0 Å². The van der Waals surface area contributed by atoms with E-state index in [4.69, 9.17) is 0 Å². The van der Waals surface area contributed by atoms with Crippen molar-refractivity contribution in [2.45, 2.75) is 39.0 Å². The highest BCUT2D eigenvalue weighted by molar-refractivity contribution is 5.79. The minimum absolute atomic E-state index is 0.0637. The lowest BCUT2D eigenvalue weighted by molar-refractivity contribution is -0.126. The molecule has 0 unspecified atom stereocenters. The summed E-state index contributed by atoms with van der Waals surface area (Å²) in [4.78, 5) is 28.3. The van der Waals surface area contributed by atoms with E-state index >= 15 is 0 Å². The molecule has 0 spiro atoms. The molecule has 2 fully saturated rings. The smallest absolute Gasteiger partial charge is 0.319 e. The Hall–Kier alpha value is -1.30. The molecule has 6 nitrogen and oxygen atoms in total. The number of carbonyl (C=O) groups excluding carboxylic acids is 2. The topological polar surface area (TPSA) is 64.7 Å². The number of piperidine rings is 1. The average molecular weight is 310 g/mol. The first-order valence-corrected chi connectivity index (χ1v) is 8.74. The number of nitrogens with one attached hydrogen (secondary N) is 2. The Morgan fingerprint density at radius 3 is 2.23 bits per heavy atom. The number of hydrogen-bond acceptors (Lipinski definition) is 3. The van der Waals surface area contributed by atoms with Crippen molar-refractivity contribution in [3.8, 4) is 0 Å². The molecule has 0 aromatic carbocycles. The van der Waals surface area contributed by atoms with Crippen molar-refractivity contribution in [1.29, 1.82) is 0 Å². The van der Waals surface area contributed by atoms with Gasteiger partial charge in [-0.25, -0.2) is 4.79 Å². The molecule has 0 atom stereocenters. The summed E-state index contributed by atoms with van der Waals surface area (Å²) in [6.45, 7) is 7.84. The third-order valence-electron chi connectivity index (χ3n) is 4.54. The lowest BCUT2D eigenvalue weighted by Gasteiger charge is -2.34. The van der Waals surface area contributed by atoms with E-state index in [1.54, 1.807) is 0 Å². The van der Waals surface area contributed by atoms with E-state index in [2.05, 4.69) is 17.6 Å². The zero-order chi connectivity index (χ0) is 15.8. The summed E-state index contributed by atoms with van der Waals surface area (Å²) in [5.41, 5.74) is 0. The van der Waals surface area contributed by atoms with Crippen molar-refractivity contribution in [3.63, 3.8) is 0 Å². The van der Waals surface area contributed by atoms with Crippen molar-refractivity contribution >= 4 is 11.9 Å². The number of likely N-dealkylation sites (tertiary alicyclic amines) is 2. The Morgan fingerprint density at radius 1 is 0.955 bits per heavy atom. The Kier molecular flexibility index (Phi) is 6.96. The fourth-order valence-corrected chi connectivity index (χ4v) is 3.16. The van der Waals surface area contributed by atoms with Gasteiger partial charge in [-0.3, -0.25) is 4.79 Å². The maximum atomic E-state index is 12.3. The molecule has 0 aliphatic carbocycles. The van der Waals surface area contributed by atoms with Crippen molar-refractivity contribution in [1.82, 2.24) is 20.4 Å². The van der Waals surface area contributed by atoms with Crippen LogP contribution < -0.4 is 10.6 Å². The zero-order valence-corrected chi connectivity index (χ0v) is 13.8. The van der Waals surface area contributed by atoms with Gasteiger partial charge in [-0.15, -0.1) is 0 Å². The van der Waals surface area contributed by atoms with E-state index in [0.717, 1.165) is 58.3 Å². The molecule has 0 aromatic rings. The van der Waals surface area contributed by atoms with Gasteiger partial charge in [0.1, 0.15) is 0 Å². The van der Waals surface area contributed by atoms with E-state index in [0.29, 0.717) is 19.6 Å². The Labute approximate surface area is 133 Å². The standard InChI is InChI=1S/C16H30N4O2/c1-2-7-17-8-9-18-15(21)14-5-12-20(13-6-14)16(22)19-10-3-4-11-19/h14,17H,2-13H2,1H3,(H,18,21). The minimum Gasteiger partial charge on any atom is -0.355 e. The van der Waals surface area contributed by atoms with Crippen LogP contribution in [0.4, 0.5) is 4.79 Å². The van der Waals surface area contributed by atoms with Gasteiger partial charge in [0.25, 0.3) is 0 Å². The summed E-state index contributed by atoms with van der Waals surface area (Å²) in [6.07, 6.45) is 4.92. The first-order valence-electron chi connectivity index (χ1n) is 8.74. The second-order valence-corrected chi connectivity index (χ2v) is 6.28. The maximum Gasteiger partial charge on any atom is 0.319 e. The minimum atomic E-state index is 0.0637. The molecule has 0 aromatic heterocycles. The summed E-state index contributed by atoms with van der Waals surface area (Å²) in [5, 5.41) is 6.27. The summed E-state index contributed by atoms with van der Waals surface area (Å²) < 4.78 is 0. The molecule has 3 amide bonds. The fourth-order valence-electron chi connectivity index (χ4n) is 3.16. The largest absolute Gasteiger partial charge is 0.355 e. The van der Waals surface area contributed by atoms with Gasteiger partial charge in [-0.2, -0.15) is 0 Å². The third-order valence-corrected chi connectivity index (χ3v) is 4.54. The Balaban J connectivity index is 1.63. The summed E-state index contributed by atoms with van der Waals surface area (Å²) in [6, 6.07) is 0.167. The highest BCUT2D eigenvalue weighted by Crippen LogP contribution is 2.20. The van der Waals surface area contributed by atoms with Crippen molar-refractivity contribution in [3.05, 3.63) is 0 Å². The van der Waals surface area contributed by atoms with Crippen LogP contribution in [0, 0.1) is 5.92 Å². The molecule has 0 bridgehead atoms. The number of rotatable bonds is 6. The van der Waals surface area contributed by atoms with Crippen LogP contribution in [0.5, 0.6) is 0 Å². The van der Waals surface area contributed by atoms with Crippen LogP contribution >= 0.6 is 0 Å². The molecule has 2 heterocycles. The van der Waals surface area contributed by atoms with Gasteiger partial charge in [-0.1, -0.05) is 6.92 Å². The SMILES string of the molecule is CCCNCCNC(=O)C1CCN(C(=O)N2CCCC2)CC1. The Morgan fingerprint density at radius 2 is 1.59 bits per heavy atom. The molecule has 2 rings (SSSR count). The predicted molar refractivity (Wildman–Crippen MR) is 86.7 cm³/mol. The van der Waals surface area contributed by atoms with Gasteiger partial charge in [-0.05, 0) is 38.6 Å². The summed E-state index contributed by atoms with van der Waals surface area (Å²) in [7, 11) is 0. The van der Waals surface area contributed by atoms with Crippen molar-refractivity contribution in [2.24, 2.45) is 5.92 Å². The molecule has 2 aliphatic heterocycles. The average Bonchev–Trinajstić information content (AvgIpc) is 3.08. The monoisotopic (exact) mass is 310 g/mol. The van der Waals surface area contributed by atoms with Crippen LogP contribution in [0.2, 0.25) is 0 Å². The molecular weight excluding hydrogens is 280 g/mol.